The van der Waals surface area contributed by atoms with Gasteiger partial charge in [0.25, 0.3) is 0 Å². The fraction of sp³-hybridized carbons (Fsp3) is 0.600. The Morgan fingerprint density at radius 2 is 2.10 bits per heavy atom. The van der Waals surface area contributed by atoms with Crippen molar-refractivity contribution in [1.82, 2.24) is 4.72 Å². The fourth-order valence-electron chi connectivity index (χ4n) is 2.66. The third-order valence-corrected chi connectivity index (χ3v) is 5.73. The molecule has 1 atom stereocenters. The van der Waals surface area contributed by atoms with Gasteiger partial charge in [-0.05, 0) is 56.4 Å². The number of aliphatic hydroxyl groups excluding tert-OH is 1. The first-order chi connectivity index (χ1) is 9.77. The Morgan fingerprint density at radius 1 is 1.38 bits per heavy atom. The Hall–Kier alpha value is -0.950. The highest BCUT2D eigenvalue weighted by molar-refractivity contribution is 7.89. The summed E-state index contributed by atoms with van der Waals surface area (Å²) < 4.78 is 33.6. The molecule has 1 aromatic rings. The maximum atomic E-state index is 12.7. The molecule has 2 rings (SSSR count). The topological polar surface area (TPSA) is 75.6 Å². The zero-order valence-electron chi connectivity index (χ0n) is 12.8. The maximum absolute atomic E-state index is 12.7. The molecule has 1 unspecified atom stereocenters. The van der Waals surface area contributed by atoms with Crippen LogP contribution in [-0.2, 0) is 21.4 Å². The molecular formula is C15H23NO4S. The molecule has 1 saturated heterocycles. The lowest BCUT2D eigenvalue weighted by atomic mass is 9.97. The average Bonchev–Trinajstić information content (AvgIpc) is 2.41. The Morgan fingerprint density at radius 3 is 2.67 bits per heavy atom. The van der Waals surface area contributed by atoms with Gasteiger partial charge in [-0.15, -0.1) is 0 Å². The van der Waals surface area contributed by atoms with Gasteiger partial charge in [0, 0.05) is 6.61 Å². The number of benzene rings is 1. The highest BCUT2D eigenvalue weighted by atomic mass is 32.2. The molecule has 1 aliphatic rings. The molecule has 0 amide bonds. The molecule has 0 radical (unpaired) electrons. The van der Waals surface area contributed by atoms with E-state index in [1.54, 1.807) is 13.0 Å². The molecule has 6 heteroatoms. The van der Waals surface area contributed by atoms with Crippen LogP contribution in [0.3, 0.4) is 0 Å². The van der Waals surface area contributed by atoms with Crippen molar-refractivity contribution in [2.75, 3.05) is 13.2 Å². The second kappa shape index (κ2) is 6.04. The van der Waals surface area contributed by atoms with E-state index in [-0.39, 0.29) is 11.5 Å². The second-order valence-electron chi connectivity index (χ2n) is 6.02. The largest absolute Gasteiger partial charge is 0.392 e. The summed E-state index contributed by atoms with van der Waals surface area (Å²) in [6.45, 7) is 6.37. The van der Waals surface area contributed by atoms with Crippen LogP contribution in [-0.4, -0.2) is 32.3 Å². The van der Waals surface area contributed by atoms with Gasteiger partial charge in [0.05, 0.1) is 23.6 Å². The summed E-state index contributed by atoms with van der Waals surface area (Å²) in [5.74, 6) is 0. The Kier molecular flexibility index (Phi) is 4.72. The van der Waals surface area contributed by atoms with Crippen LogP contribution in [0.15, 0.2) is 17.0 Å². The van der Waals surface area contributed by atoms with Gasteiger partial charge in [-0.3, -0.25) is 0 Å². The van der Waals surface area contributed by atoms with Crippen molar-refractivity contribution >= 4 is 10.0 Å². The molecule has 1 fully saturated rings. The van der Waals surface area contributed by atoms with E-state index in [2.05, 4.69) is 4.72 Å². The van der Waals surface area contributed by atoms with Gasteiger partial charge in [0.2, 0.25) is 10.0 Å². The Bertz CT molecular complexity index is 619. The van der Waals surface area contributed by atoms with E-state index in [9.17, 15) is 13.5 Å². The number of sulfonamides is 1. The summed E-state index contributed by atoms with van der Waals surface area (Å²) in [5.41, 5.74) is 1.59. The van der Waals surface area contributed by atoms with Crippen molar-refractivity contribution in [3.05, 3.63) is 28.8 Å². The molecule has 1 heterocycles. The van der Waals surface area contributed by atoms with E-state index >= 15 is 0 Å². The standard InChI is InChI=1S/C15H23NO4S/c1-11-7-13(9-17)8-14(12(11)2)21(18,19)16-15(3)5-4-6-20-10-15/h7-8,16-17H,4-6,9-10H2,1-3H3. The normalized spacial score (nSPS) is 23.2. The first-order valence-corrected chi connectivity index (χ1v) is 8.58. The van der Waals surface area contributed by atoms with Gasteiger partial charge in [-0.25, -0.2) is 13.1 Å². The molecule has 118 valence electrons. The van der Waals surface area contributed by atoms with Crippen LogP contribution in [0, 0.1) is 13.8 Å². The molecule has 5 nitrogen and oxygen atoms in total. The Labute approximate surface area is 126 Å². The number of nitrogens with one attached hydrogen (secondary N) is 1. The monoisotopic (exact) mass is 313 g/mol. The smallest absolute Gasteiger partial charge is 0.241 e. The minimum atomic E-state index is -3.65. The summed E-state index contributed by atoms with van der Waals surface area (Å²) in [7, 11) is -3.65. The molecule has 0 aromatic heterocycles. The third kappa shape index (κ3) is 3.63. The molecule has 0 spiro atoms. The van der Waals surface area contributed by atoms with Crippen molar-refractivity contribution in [3.63, 3.8) is 0 Å². The van der Waals surface area contributed by atoms with E-state index in [0.717, 1.165) is 18.4 Å². The lowest BCUT2D eigenvalue weighted by Crippen LogP contribution is -2.51. The summed E-state index contributed by atoms with van der Waals surface area (Å²) in [6, 6.07) is 3.34. The SMILES string of the molecule is Cc1cc(CO)cc(S(=O)(=O)NC2(C)CCCOC2)c1C. The zero-order chi connectivity index (χ0) is 15.7. The van der Waals surface area contributed by atoms with Crippen LogP contribution in [0.25, 0.3) is 0 Å². The summed E-state index contributed by atoms with van der Waals surface area (Å²) >= 11 is 0. The van der Waals surface area contributed by atoms with Gasteiger partial charge in [-0.1, -0.05) is 6.07 Å². The van der Waals surface area contributed by atoms with E-state index in [1.807, 2.05) is 13.8 Å². The molecular weight excluding hydrogens is 290 g/mol. The van der Waals surface area contributed by atoms with Crippen LogP contribution >= 0.6 is 0 Å². The van der Waals surface area contributed by atoms with Gasteiger partial charge in [0.15, 0.2) is 0 Å². The number of rotatable bonds is 4. The molecule has 0 aliphatic carbocycles. The lowest BCUT2D eigenvalue weighted by Gasteiger charge is -2.34. The number of ether oxygens (including phenoxy) is 1. The summed E-state index contributed by atoms with van der Waals surface area (Å²) in [4.78, 5) is 0.235. The van der Waals surface area contributed by atoms with E-state index in [1.165, 1.54) is 6.07 Å². The second-order valence-corrected chi connectivity index (χ2v) is 7.67. The van der Waals surface area contributed by atoms with Crippen LogP contribution in [0.2, 0.25) is 0 Å². The van der Waals surface area contributed by atoms with Crippen LogP contribution in [0.5, 0.6) is 0 Å². The van der Waals surface area contributed by atoms with Crippen molar-refractivity contribution in [2.24, 2.45) is 0 Å². The molecule has 0 bridgehead atoms. The van der Waals surface area contributed by atoms with E-state index < -0.39 is 15.6 Å². The van der Waals surface area contributed by atoms with Crippen molar-refractivity contribution < 1.29 is 18.3 Å². The quantitative estimate of drug-likeness (QED) is 0.886. The minimum absolute atomic E-state index is 0.177. The van der Waals surface area contributed by atoms with Crippen molar-refractivity contribution in [1.29, 1.82) is 0 Å². The predicted molar refractivity (Wildman–Crippen MR) is 80.6 cm³/mol. The fourth-order valence-corrected chi connectivity index (χ4v) is 4.45. The predicted octanol–water partition coefficient (Wildman–Crippen LogP) is 1.64. The number of aliphatic hydroxyl groups is 1. The maximum Gasteiger partial charge on any atom is 0.241 e. The third-order valence-electron chi connectivity index (χ3n) is 3.97. The van der Waals surface area contributed by atoms with Crippen molar-refractivity contribution in [2.45, 2.75) is 50.7 Å². The zero-order valence-corrected chi connectivity index (χ0v) is 13.6. The number of aryl methyl sites for hydroxylation is 1. The molecule has 1 aromatic carbocycles. The first-order valence-electron chi connectivity index (χ1n) is 7.10. The van der Waals surface area contributed by atoms with Gasteiger partial charge in [0.1, 0.15) is 0 Å². The first kappa shape index (κ1) is 16.4. The summed E-state index contributed by atoms with van der Waals surface area (Å²) in [5, 5.41) is 9.28. The van der Waals surface area contributed by atoms with Crippen molar-refractivity contribution in [3.8, 4) is 0 Å². The highest BCUT2D eigenvalue weighted by Crippen LogP contribution is 2.25. The van der Waals surface area contributed by atoms with Crippen LogP contribution in [0.4, 0.5) is 0 Å². The molecule has 21 heavy (non-hydrogen) atoms. The molecule has 1 aliphatic heterocycles. The minimum Gasteiger partial charge on any atom is -0.392 e. The van der Waals surface area contributed by atoms with E-state index in [0.29, 0.717) is 24.3 Å². The molecule has 0 saturated carbocycles. The van der Waals surface area contributed by atoms with Crippen LogP contribution in [0.1, 0.15) is 36.5 Å². The summed E-state index contributed by atoms with van der Waals surface area (Å²) in [6.07, 6.45) is 1.59. The van der Waals surface area contributed by atoms with Crippen LogP contribution < -0.4 is 4.72 Å². The van der Waals surface area contributed by atoms with Gasteiger partial charge < -0.3 is 9.84 Å². The molecule has 2 N–H and O–H groups in total. The highest BCUT2D eigenvalue weighted by Gasteiger charge is 2.33. The lowest BCUT2D eigenvalue weighted by molar-refractivity contribution is 0.0386. The van der Waals surface area contributed by atoms with Gasteiger partial charge >= 0.3 is 0 Å². The Balaban J connectivity index is 2.37. The average molecular weight is 313 g/mol. The number of hydrogen-bond acceptors (Lipinski definition) is 4. The van der Waals surface area contributed by atoms with Gasteiger partial charge in [-0.2, -0.15) is 0 Å². The number of hydrogen-bond donors (Lipinski definition) is 2. The van der Waals surface area contributed by atoms with E-state index in [4.69, 9.17) is 4.74 Å².